The molecule has 0 bridgehead atoms. The topological polar surface area (TPSA) is 94.8 Å². The van der Waals surface area contributed by atoms with E-state index in [0.717, 1.165) is 10.9 Å². The molecule has 7 nitrogen and oxygen atoms in total. The molecule has 0 aliphatic carbocycles. The number of methoxy groups -OCH3 is 1. The summed E-state index contributed by atoms with van der Waals surface area (Å²) >= 11 is 0. The molecule has 2 atom stereocenters. The van der Waals surface area contributed by atoms with Crippen LogP contribution >= 0.6 is 0 Å². The summed E-state index contributed by atoms with van der Waals surface area (Å²) in [6, 6.07) is 5.68. The smallest absolute Gasteiger partial charge is 0.336 e. The van der Waals surface area contributed by atoms with Crippen LogP contribution in [0.3, 0.4) is 0 Å². The van der Waals surface area contributed by atoms with Gasteiger partial charge in [0.2, 0.25) is 0 Å². The Hall–Kier alpha value is -2.83. The van der Waals surface area contributed by atoms with Gasteiger partial charge in [0, 0.05) is 17.5 Å². The minimum absolute atomic E-state index is 0.128. The van der Waals surface area contributed by atoms with E-state index in [0.29, 0.717) is 11.3 Å². The largest absolute Gasteiger partial charge is 0.481 e. The van der Waals surface area contributed by atoms with E-state index >= 15 is 0 Å². The van der Waals surface area contributed by atoms with Crippen molar-refractivity contribution >= 4 is 22.8 Å². The van der Waals surface area contributed by atoms with Crippen molar-refractivity contribution in [1.82, 2.24) is 5.32 Å². The monoisotopic (exact) mass is 361 g/mol. The number of amides is 1. The van der Waals surface area contributed by atoms with Crippen LogP contribution in [0.25, 0.3) is 11.0 Å². The van der Waals surface area contributed by atoms with Crippen molar-refractivity contribution in [2.75, 3.05) is 7.11 Å². The van der Waals surface area contributed by atoms with Crippen molar-refractivity contribution in [1.29, 1.82) is 0 Å². The van der Waals surface area contributed by atoms with Crippen molar-refractivity contribution in [3.05, 3.63) is 40.2 Å². The van der Waals surface area contributed by atoms with Crippen molar-refractivity contribution < 1.29 is 23.5 Å². The molecule has 1 heterocycles. The number of benzene rings is 1. The average Bonchev–Trinajstić information content (AvgIpc) is 2.57. The van der Waals surface area contributed by atoms with E-state index in [2.05, 4.69) is 5.32 Å². The number of rotatable bonds is 6. The molecule has 0 saturated carbocycles. The summed E-state index contributed by atoms with van der Waals surface area (Å²) < 4.78 is 15.5. The fraction of sp³-hybridized carbons (Fsp3) is 0.421. The Balaban J connectivity index is 2.14. The van der Waals surface area contributed by atoms with Crippen molar-refractivity contribution in [2.45, 2.75) is 39.8 Å². The standard InChI is InChI=1S/C19H23NO6/c1-10(2)17(19(23)24-5)20-18(22)12(4)25-13-6-7-14-11(3)8-16(21)26-15(14)9-13/h6-10,12,17H,1-5H3,(H,20,22)/t12-,17-/m0/s1. The molecular weight excluding hydrogens is 338 g/mol. The third kappa shape index (κ3) is 4.41. The van der Waals surface area contributed by atoms with E-state index < -0.39 is 29.6 Å². The third-order valence-electron chi connectivity index (χ3n) is 4.02. The first-order valence-corrected chi connectivity index (χ1v) is 8.32. The molecular formula is C19H23NO6. The SMILES string of the molecule is COC(=O)[C@@H](NC(=O)[C@H](C)Oc1ccc2c(C)cc(=O)oc2c1)C(C)C. The van der Waals surface area contributed by atoms with Gasteiger partial charge in [0.25, 0.3) is 5.91 Å². The summed E-state index contributed by atoms with van der Waals surface area (Å²) in [6.07, 6.45) is -0.852. The number of esters is 1. The van der Waals surface area contributed by atoms with Gasteiger partial charge in [-0.1, -0.05) is 13.8 Å². The molecule has 0 radical (unpaired) electrons. The summed E-state index contributed by atoms with van der Waals surface area (Å²) in [4.78, 5) is 35.6. The summed E-state index contributed by atoms with van der Waals surface area (Å²) in [5, 5.41) is 3.42. The van der Waals surface area contributed by atoms with Crippen LogP contribution in [0.15, 0.2) is 33.5 Å². The number of fused-ring (bicyclic) bond motifs is 1. The minimum Gasteiger partial charge on any atom is -0.481 e. The molecule has 0 aliphatic rings. The second-order valence-corrected chi connectivity index (χ2v) is 6.42. The Bertz CT molecular complexity index is 870. The van der Waals surface area contributed by atoms with Gasteiger partial charge in [-0.2, -0.15) is 0 Å². The van der Waals surface area contributed by atoms with Gasteiger partial charge in [-0.15, -0.1) is 0 Å². The summed E-state index contributed by atoms with van der Waals surface area (Å²) in [5.74, 6) is -0.701. The quantitative estimate of drug-likeness (QED) is 0.626. The van der Waals surface area contributed by atoms with Gasteiger partial charge in [-0.25, -0.2) is 9.59 Å². The fourth-order valence-electron chi connectivity index (χ4n) is 2.53. The second-order valence-electron chi connectivity index (χ2n) is 6.42. The summed E-state index contributed by atoms with van der Waals surface area (Å²) in [5.41, 5.74) is 0.733. The van der Waals surface area contributed by atoms with Gasteiger partial charge < -0.3 is 19.2 Å². The normalized spacial score (nSPS) is 13.3. The molecule has 0 fully saturated rings. The van der Waals surface area contributed by atoms with E-state index in [9.17, 15) is 14.4 Å². The number of carbonyl (C=O) groups excluding carboxylic acids is 2. The number of ether oxygens (including phenoxy) is 2. The Kier molecular flexibility index (Phi) is 6.02. The van der Waals surface area contributed by atoms with Gasteiger partial charge in [0.1, 0.15) is 17.4 Å². The van der Waals surface area contributed by atoms with Crippen LogP contribution in [0.5, 0.6) is 5.75 Å². The van der Waals surface area contributed by atoms with E-state index in [1.54, 1.807) is 39.0 Å². The number of hydrogen-bond donors (Lipinski definition) is 1. The number of nitrogens with one attached hydrogen (secondary N) is 1. The van der Waals surface area contributed by atoms with Crippen LogP contribution in [0.2, 0.25) is 0 Å². The summed E-state index contributed by atoms with van der Waals surface area (Å²) in [7, 11) is 1.27. The molecule has 7 heteroatoms. The highest BCUT2D eigenvalue weighted by Gasteiger charge is 2.27. The second kappa shape index (κ2) is 8.03. The Morgan fingerprint density at radius 3 is 2.46 bits per heavy atom. The lowest BCUT2D eigenvalue weighted by Gasteiger charge is -2.22. The maximum atomic E-state index is 12.3. The van der Waals surface area contributed by atoms with Gasteiger partial charge >= 0.3 is 11.6 Å². The van der Waals surface area contributed by atoms with Crippen LogP contribution in [0, 0.1) is 12.8 Å². The van der Waals surface area contributed by atoms with Gasteiger partial charge in [-0.05, 0) is 37.5 Å². The maximum absolute atomic E-state index is 12.3. The molecule has 0 saturated heterocycles. The van der Waals surface area contributed by atoms with Crippen molar-refractivity contribution in [3.63, 3.8) is 0 Å². The average molecular weight is 361 g/mol. The Labute approximate surface area is 151 Å². The highest BCUT2D eigenvalue weighted by atomic mass is 16.5. The van der Waals surface area contributed by atoms with Crippen LogP contribution in [0.1, 0.15) is 26.3 Å². The summed E-state index contributed by atoms with van der Waals surface area (Å²) in [6.45, 7) is 7.00. The zero-order chi connectivity index (χ0) is 19.4. The van der Waals surface area contributed by atoms with E-state index in [4.69, 9.17) is 13.9 Å². The molecule has 1 N–H and O–H groups in total. The molecule has 140 valence electrons. The third-order valence-corrected chi connectivity index (χ3v) is 4.02. The van der Waals surface area contributed by atoms with Crippen LogP contribution < -0.4 is 15.7 Å². The van der Waals surface area contributed by atoms with Crippen LogP contribution in [-0.2, 0) is 14.3 Å². The zero-order valence-electron chi connectivity index (χ0n) is 15.5. The maximum Gasteiger partial charge on any atom is 0.336 e. The zero-order valence-corrected chi connectivity index (χ0v) is 15.5. The first-order valence-electron chi connectivity index (χ1n) is 8.32. The first kappa shape index (κ1) is 19.5. The first-order chi connectivity index (χ1) is 12.2. The van der Waals surface area contributed by atoms with Crippen molar-refractivity contribution in [3.8, 4) is 5.75 Å². The molecule has 0 aliphatic heterocycles. The predicted molar refractivity (Wildman–Crippen MR) is 96.1 cm³/mol. The lowest BCUT2D eigenvalue weighted by atomic mass is 10.0. The van der Waals surface area contributed by atoms with Crippen molar-refractivity contribution in [2.24, 2.45) is 5.92 Å². The van der Waals surface area contributed by atoms with Crippen LogP contribution in [-0.4, -0.2) is 31.1 Å². The molecule has 2 rings (SSSR count). The molecule has 0 spiro atoms. The van der Waals surface area contributed by atoms with Gasteiger partial charge in [0.15, 0.2) is 6.10 Å². The Morgan fingerprint density at radius 2 is 1.85 bits per heavy atom. The highest BCUT2D eigenvalue weighted by molar-refractivity contribution is 5.87. The number of carbonyl (C=O) groups is 2. The molecule has 26 heavy (non-hydrogen) atoms. The fourth-order valence-corrected chi connectivity index (χ4v) is 2.53. The minimum atomic E-state index is -0.852. The highest BCUT2D eigenvalue weighted by Crippen LogP contribution is 2.23. The lowest BCUT2D eigenvalue weighted by Crippen LogP contribution is -2.49. The van der Waals surface area contributed by atoms with Gasteiger partial charge in [0.05, 0.1) is 7.11 Å². The molecule has 1 amide bonds. The molecule has 1 aromatic carbocycles. The number of hydrogen-bond acceptors (Lipinski definition) is 6. The Morgan fingerprint density at radius 1 is 1.15 bits per heavy atom. The van der Waals surface area contributed by atoms with E-state index in [1.807, 2.05) is 6.92 Å². The van der Waals surface area contributed by atoms with E-state index in [1.165, 1.54) is 13.2 Å². The molecule has 2 aromatic rings. The molecule has 1 aromatic heterocycles. The van der Waals surface area contributed by atoms with Crippen LogP contribution in [0.4, 0.5) is 0 Å². The van der Waals surface area contributed by atoms with Gasteiger partial charge in [-0.3, -0.25) is 4.79 Å². The lowest BCUT2D eigenvalue weighted by molar-refractivity contribution is -0.147. The number of aryl methyl sites for hydroxylation is 1. The predicted octanol–water partition coefficient (Wildman–Crippen LogP) is 2.18. The molecule has 0 unspecified atom stereocenters. The van der Waals surface area contributed by atoms with E-state index in [-0.39, 0.29) is 5.92 Å².